The van der Waals surface area contributed by atoms with E-state index in [0.717, 1.165) is 11.1 Å². The monoisotopic (exact) mass is 387 g/mol. The Morgan fingerprint density at radius 1 is 1.22 bits per heavy atom. The summed E-state index contributed by atoms with van der Waals surface area (Å²) in [6, 6.07) is 8.69. The third-order valence-corrected chi connectivity index (χ3v) is 3.83. The first-order chi connectivity index (χ1) is 12.4. The van der Waals surface area contributed by atoms with Crippen molar-refractivity contribution in [1.82, 2.24) is 9.78 Å². The molecule has 2 N–H and O–H groups in total. The van der Waals surface area contributed by atoms with Crippen molar-refractivity contribution in [2.45, 2.75) is 13.5 Å². The number of rotatable bonds is 5. The first-order valence-electron chi connectivity index (χ1n) is 7.86. The molecule has 0 unspecified atom stereocenters. The molecule has 9 nitrogen and oxygen atoms in total. The minimum Gasteiger partial charge on any atom is -1.00 e. The van der Waals surface area contributed by atoms with E-state index in [0.29, 0.717) is 18.1 Å². The minimum atomic E-state index is -0.483. The summed E-state index contributed by atoms with van der Waals surface area (Å²) in [7, 11) is 1.94. The Morgan fingerprint density at radius 3 is 2.56 bits per heavy atom. The normalized spacial score (nSPS) is 10.7. The summed E-state index contributed by atoms with van der Waals surface area (Å²) in [5.41, 5.74) is 8.32. The van der Waals surface area contributed by atoms with Crippen molar-refractivity contribution in [2.75, 3.05) is 5.73 Å². The fraction of sp³-hybridized carbons (Fsp3) is 0.176. The molecule has 0 aliphatic heterocycles. The zero-order valence-corrected chi connectivity index (χ0v) is 15.5. The second-order valence-electron chi connectivity index (χ2n) is 5.89. The highest BCUT2D eigenvalue weighted by atomic mass is 35.5. The number of anilines is 1. The van der Waals surface area contributed by atoms with Gasteiger partial charge in [-0.2, -0.15) is 5.10 Å². The van der Waals surface area contributed by atoms with Crippen molar-refractivity contribution < 1.29 is 21.9 Å². The molecular weight excluding hydrogens is 370 g/mol. The molecule has 2 heterocycles. The molecule has 3 aromatic rings. The number of aryl methyl sites for hydroxylation is 2. The zero-order valence-electron chi connectivity index (χ0n) is 14.8. The van der Waals surface area contributed by atoms with Crippen molar-refractivity contribution in [3.8, 4) is 0 Å². The summed E-state index contributed by atoms with van der Waals surface area (Å²) < 4.78 is 3.54. The van der Waals surface area contributed by atoms with Crippen LogP contribution in [0.25, 0.3) is 0 Å². The molecule has 0 atom stereocenters. The van der Waals surface area contributed by atoms with Crippen LogP contribution in [0.4, 0.5) is 22.9 Å². The van der Waals surface area contributed by atoms with Gasteiger partial charge >= 0.3 is 0 Å². The second kappa shape index (κ2) is 8.37. The highest BCUT2D eigenvalue weighted by Gasteiger charge is 2.14. The lowest BCUT2D eigenvalue weighted by Gasteiger charge is -2.03. The van der Waals surface area contributed by atoms with Gasteiger partial charge in [0, 0.05) is 18.2 Å². The van der Waals surface area contributed by atoms with Crippen LogP contribution in [0.5, 0.6) is 0 Å². The van der Waals surface area contributed by atoms with Crippen LogP contribution in [0.2, 0.25) is 0 Å². The van der Waals surface area contributed by atoms with Crippen LogP contribution in [0, 0.1) is 17.0 Å². The summed E-state index contributed by atoms with van der Waals surface area (Å²) in [4.78, 5) is 10.7. The molecule has 2 aromatic heterocycles. The Kier molecular flexibility index (Phi) is 6.19. The van der Waals surface area contributed by atoms with Gasteiger partial charge in [0.15, 0.2) is 18.1 Å². The van der Waals surface area contributed by atoms with Gasteiger partial charge < -0.3 is 18.1 Å². The van der Waals surface area contributed by atoms with Gasteiger partial charge in [0.05, 0.1) is 17.7 Å². The van der Waals surface area contributed by atoms with Crippen molar-refractivity contribution >= 4 is 22.9 Å². The molecule has 0 bridgehead atoms. The molecular formula is C17H18ClN7O2. The number of halogens is 1. The van der Waals surface area contributed by atoms with Gasteiger partial charge in [0.2, 0.25) is 0 Å². The van der Waals surface area contributed by atoms with Crippen LogP contribution >= 0.6 is 0 Å². The highest BCUT2D eigenvalue weighted by molar-refractivity contribution is 5.60. The smallest absolute Gasteiger partial charge is 0.296 e. The topological polar surface area (TPSA) is 116 Å². The van der Waals surface area contributed by atoms with E-state index in [4.69, 9.17) is 5.73 Å². The van der Waals surface area contributed by atoms with Crippen molar-refractivity contribution in [2.24, 2.45) is 17.3 Å². The van der Waals surface area contributed by atoms with Gasteiger partial charge in [0.25, 0.3) is 5.69 Å². The predicted molar refractivity (Wildman–Crippen MR) is 95.4 cm³/mol. The third kappa shape index (κ3) is 4.64. The van der Waals surface area contributed by atoms with Crippen LogP contribution in [0.3, 0.4) is 0 Å². The van der Waals surface area contributed by atoms with E-state index in [1.807, 2.05) is 36.1 Å². The molecule has 140 valence electrons. The number of aromatic nitrogens is 3. The fourth-order valence-electron chi connectivity index (χ4n) is 2.37. The standard InChI is InChI=1S/C17H18N7O2.ClH/c1-12-3-4-14(16(9-12)24(25)26)20-21-15-10-19-23(17(15)18)11-13-5-7-22(2)8-6-13;/h3-10H,11,18H2,1-2H3;1H/q+1;/p-1. The van der Waals surface area contributed by atoms with E-state index >= 15 is 0 Å². The van der Waals surface area contributed by atoms with Gasteiger partial charge in [-0.1, -0.05) is 6.07 Å². The molecule has 0 aliphatic rings. The fourth-order valence-corrected chi connectivity index (χ4v) is 2.37. The van der Waals surface area contributed by atoms with Crippen LogP contribution < -0.4 is 22.7 Å². The number of nitro benzene ring substituents is 1. The molecule has 0 aliphatic carbocycles. The average Bonchev–Trinajstić information content (AvgIpc) is 2.96. The number of pyridine rings is 1. The van der Waals surface area contributed by atoms with Gasteiger partial charge in [-0.05, 0) is 24.1 Å². The predicted octanol–water partition coefficient (Wildman–Crippen LogP) is -0.0259. The minimum absolute atomic E-state index is 0. The SMILES string of the molecule is Cc1ccc(N=Nc2cnn(Cc3cc[n+](C)cc3)c2N)c([N+](=O)[O-])c1.[Cl-]. The summed E-state index contributed by atoms with van der Waals surface area (Å²) in [5.74, 6) is 0.344. The van der Waals surface area contributed by atoms with E-state index in [9.17, 15) is 10.1 Å². The number of nitrogens with zero attached hydrogens (tertiary/aromatic N) is 6. The lowest BCUT2D eigenvalue weighted by atomic mass is 10.2. The lowest BCUT2D eigenvalue weighted by molar-refractivity contribution is -0.671. The molecule has 27 heavy (non-hydrogen) atoms. The van der Waals surface area contributed by atoms with Crippen molar-refractivity contribution in [3.63, 3.8) is 0 Å². The summed E-state index contributed by atoms with van der Waals surface area (Å²) in [5, 5.41) is 23.4. The van der Waals surface area contributed by atoms with E-state index < -0.39 is 4.92 Å². The Morgan fingerprint density at radius 2 is 1.89 bits per heavy atom. The number of hydrogen-bond donors (Lipinski definition) is 1. The molecule has 0 fully saturated rings. The molecule has 0 radical (unpaired) electrons. The quantitative estimate of drug-likeness (QED) is 0.286. The van der Waals surface area contributed by atoms with Gasteiger partial charge in [0.1, 0.15) is 18.6 Å². The maximum Gasteiger partial charge on any atom is 0.296 e. The van der Waals surface area contributed by atoms with Crippen LogP contribution in [-0.2, 0) is 13.6 Å². The number of benzene rings is 1. The molecule has 1 aromatic carbocycles. The van der Waals surface area contributed by atoms with Gasteiger partial charge in [-0.15, -0.1) is 10.2 Å². The number of nitrogens with two attached hydrogens (primary N) is 1. The zero-order chi connectivity index (χ0) is 18.7. The molecule has 0 spiro atoms. The number of nitrogen functional groups attached to an aromatic ring is 1. The maximum absolute atomic E-state index is 11.1. The van der Waals surface area contributed by atoms with Crippen LogP contribution in [0.15, 0.2) is 59.2 Å². The highest BCUT2D eigenvalue weighted by Crippen LogP contribution is 2.31. The Bertz CT molecular complexity index is 983. The third-order valence-electron chi connectivity index (χ3n) is 3.83. The first-order valence-corrected chi connectivity index (χ1v) is 7.86. The number of nitro groups is 1. The largest absolute Gasteiger partial charge is 1.00 e. The molecule has 0 amide bonds. The Hall–Kier alpha value is -3.33. The van der Waals surface area contributed by atoms with E-state index in [2.05, 4.69) is 15.3 Å². The van der Waals surface area contributed by atoms with Crippen molar-refractivity contribution in [1.29, 1.82) is 0 Å². The molecule has 3 rings (SSSR count). The average molecular weight is 388 g/mol. The molecule has 0 saturated carbocycles. The Labute approximate surface area is 161 Å². The number of azo groups is 1. The first kappa shape index (κ1) is 20.0. The number of hydrogen-bond acceptors (Lipinski definition) is 6. The van der Waals surface area contributed by atoms with E-state index in [-0.39, 0.29) is 23.8 Å². The lowest BCUT2D eigenvalue weighted by Crippen LogP contribution is -3.00. The van der Waals surface area contributed by atoms with Gasteiger partial charge in [-0.3, -0.25) is 10.1 Å². The second-order valence-corrected chi connectivity index (χ2v) is 5.89. The van der Waals surface area contributed by atoms with Crippen LogP contribution in [0.1, 0.15) is 11.1 Å². The Balaban J connectivity index is 0.00000261. The van der Waals surface area contributed by atoms with E-state index in [1.165, 1.54) is 12.3 Å². The van der Waals surface area contributed by atoms with Crippen LogP contribution in [-0.4, -0.2) is 14.7 Å². The molecule has 0 saturated heterocycles. The molecule has 10 heteroatoms. The summed E-state index contributed by atoms with van der Waals surface area (Å²) in [6.45, 7) is 2.27. The maximum atomic E-state index is 11.1. The van der Waals surface area contributed by atoms with E-state index in [1.54, 1.807) is 23.7 Å². The summed E-state index contributed by atoms with van der Waals surface area (Å²) >= 11 is 0. The van der Waals surface area contributed by atoms with Gasteiger partial charge in [-0.25, -0.2) is 9.25 Å². The summed E-state index contributed by atoms with van der Waals surface area (Å²) in [6.07, 6.45) is 5.36. The van der Waals surface area contributed by atoms with Crippen molar-refractivity contribution in [3.05, 3.63) is 70.2 Å².